The number of aryl methyl sites for hydroxylation is 1. The Morgan fingerprint density at radius 3 is 2.55 bits per heavy atom. The van der Waals surface area contributed by atoms with Crippen molar-refractivity contribution in [2.45, 2.75) is 38.1 Å². The fourth-order valence-electron chi connectivity index (χ4n) is 5.15. The average molecular weight is 438 g/mol. The van der Waals surface area contributed by atoms with Gasteiger partial charge in [-0.2, -0.15) is 0 Å². The molecule has 31 heavy (non-hydrogen) atoms. The number of pyridine rings is 1. The Morgan fingerprint density at radius 1 is 0.935 bits per heavy atom. The number of aromatic nitrogens is 1. The number of nitrogens with two attached hydrogens (primary N) is 1. The van der Waals surface area contributed by atoms with Crippen LogP contribution in [0, 0.1) is 0 Å². The number of nitrogens with zero attached hydrogens (tertiary/aromatic N) is 2. The molecule has 1 aromatic heterocycles. The molecule has 3 aliphatic rings. The smallest absolute Gasteiger partial charge is 0.161 e. The molecule has 2 aliphatic heterocycles. The SMILES string of the molecule is Cl.N[C@H]1CCN(c2c3c(nc4ccc(-c5ccc6c(c5)OCCO6)cc24)CCCC3)C1. The average Bonchev–Trinajstić information content (AvgIpc) is 3.22. The van der Waals surface area contributed by atoms with Crippen LogP contribution in [-0.2, 0) is 12.8 Å². The Hall–Kier alpha value is -2.50. The monoisotopic (exact) mass is 437 g/mol. The predicted molar refractivity (Wildman–Crippen MR) is 127 cm³/mol. The van der Waals surface area contributed by atoms with Crippen LogP contribution in [0.4, 0.5) is 5.69 Å². The van der Waals surface area contributed by atoms with Gasteiger partial charge in [-0.1, -0.05) is 12.1 Å². The van der Waals surface area contributed by atoms with Crippen LogP contribution in [0.15, 0.2) is 36.4 Å². The van der Waals surface area contributed by atoms with E-state index in [2.05, 4.69) is 35.2 Å². The molecule has 6 heteroatoms. The third-order valence-corrected chi connectivity index (χ3v) is 6.65. The molecular formula is C25H28ClN3O2. The van der Waals surface area contributed by atoms with Crippen LogP contribution < -0.4 is 20.1 Å². The van der Waals surface area contributed by atoms with Gasteiger partial charge in [0.2, 0.25) is 0 Å². The molecule has 0 spiro atoms. The van der Waals surface area contributed by atoms with Gasteiger partial charge in [-0.3, -0.25) is 4.98 Å². The lowest BCUT2D eigenvalue weighted by atomic mass is 9.91. The maximum atomic E-state index is 6.29. The fourth-order valence-corrected chi connectivity index (χ4v) is 5.15. The van der Waals surface area contributed by atoms with Gasteiger partial charge >= 0.3 is 0 Å². The van der Waals surface area contributed by atoms with Crippen LogP contribution in [0.25, 0.3) is 22.0 Å². The zero-order chi connectivity index (χ0) is 20.1. The van der Waals surface area contributed by atoms with Gasteiger partial charge in [0, 0.05) is 30.2 Å². The van der Waals surface area contributed by atoms with Gasteiger partial charge in [-0.25, -0.2) is 0 Å². The summed E-state index contributed by atoms with van der Waals surface area (Å²) in [6.07, 6.45) is 5.74. The second-order valence-corrected chi connectivity index (χ2v) is 8.68. The minimum Gasteiger partial charge on any atom is -0.486 e. The van der Waals surface area contributed by atoms with E-state index in [0.29, 0.717) is 13.2 Å². The second kappa shape index (κ2) is 8.21. The highest BCUT2D eigenvalue weighted by atomic mass is 35.5. The van der Waals surface area contributed by atoms with E-state index in [1.54, 1.807) is 0 Å². The van der Waals surface area contributed by atoms with Crippen LogP contribution in [0.1, 0.15) is 30.5 Å². The van der Waals surface area contributed by atoms with Gasteiger partial charge in [-0.15, -0.1) is 12.4 Å². The summed E-state index contributed by atoms with van der Waals surface area (Å²) in [6, 6.07) is 13.1. The van der Waals surface area contributed by atoms with Crippen molar-refractivity contribution in [3.8, 4) is 22.6 Å². The quantitative estimate of drug-likeness (QED) is 0.639. The minimum absolute atomic E-state index is 0. The lowest BCUT2D eigenvalue weighted by molar-refractivity contribution is 0.171. The minimum atomic E-state index is 0. The zero-order valence-corrected chi connectivity index (χ0v) is 18.4. The third-order valence-electron chi connectivity index (χ3n) is 6.65. The Kier molecular flexibility index (Phi) is 5.40. The molecule has 2 aromatic carbocycles. The summed E-state index contributed by atoms with van der Waals surface area (Å²) in [7, 11) is 0. The molecule has 3 aromatic rings. The van der Waals surface area contributed by atoms with E-state index in [4.69, 9.17) is 20.2 Å². The molecule has 0 unspecified atom stereocenters. The van der Waals surface area contributed by atoms with Gasteiger partial charge in [0.25, 0.3) is 0 Å². The number of hydrogen-bond donors (Lipinski definition) is 1. The van der Waals surface area contributed by atoms with E-state index in [9.17, 15) is 0 Å². The first kappa shape index (κ1) is 20.4. The molecule has 162 valence electrons. The maximum Gasteiger partial charge on any atom is 0.161 e. The van der Waals surface area contributed by atoms with Crippen LogP contribution in [0.3, 0.4) is 0 Å². The van der Waals surface area contributed by atoms with E-state index >= 15 is 0 Å². The molecule has 0 radical (unpaired) electrons. The molecule has 3 heterocycles. The topological polar surface area (TPSA) is 60.6 Å². The number of fused-ring (bicyclic) bond motifs is 3. The Balaban J connectivity index is 0.00000204. The van der Waals surface area contributed by atoms with Crippen molar-refractivity contribution in [3.05, 3.63) is 47.7 Å². The van der Waals surface area contributed by atoms with Gasteiger partial charge in [0.1, 0.15) is 13.2 Å². The van der Waals surface area contributed by atoms with Gasteiger partial charge < -0.3 is 20.1 Å². The summed E-state index contributed by atoms with van der Waals surface area (Å²) in [5.41, 5.74) is 13.8. The summed E-state index contributed by atoms with van der Waals surface area (Å²) in [4.78, 5) is 7.58. The van der Waals surface area contributed by atoms with Crippen molar-refractivity contribution in [3.63, 3.8) is 0 Å². The first-order valence-corrected chi connectivity index (χ1v) is 11.1. The molecule has 1 aliphatic carbocycles. The van der Waals surface area contributed by atoms with E-state index in [0.717, 1.165) is 54.9 Å². The van der Waals surface area contributed by atoms with Crippen molar-refractivity contribution in [2.75, 3.05) is 31.2 Å². The summed E-state index contributed by atoms with van der Waals surface area (Å²) in [5.74, 6) is 1.65. The van der Waals surface area contributed by atoms with E-state index in [1.165, 1.54) is 40.7 Å². The van der Waals surface area contributed by atoms with Crippen molar-refractivity contribution in [2.24, 2.45) is 5.73 Å². The molecule has 6 rings (SSSR count). The Morgan fingerprint density at radius 2 is 1.71 bits per heavy atom. The number of hydrogen-bond acceptors (Lipinski definition) is 5. The van der Waals surface area contributed by atoms with Crippen molar-refractivity contribution in [1.29, 1.82) is 0 Å². The van der Waals surface area contributed by atoms with Crippen molar-refractivity contribution < 1.29 is 9.47 Å². The number of anilines is 1. The number of rotatable bonds is 2. The molecule has 1 fully saturated rings. The molecule has 0 saturated carbocycles. The molecule has 2 N–H and O–H groups in total. The highest BCUT2D eigenvalue weighted by molar-refractivity contribution is 5.97. The summed E-state index contributed by atoms with van der Waals surface area (Å²) < 4.78 is 11.5. The summed E-state index contributed by atoms with van der Waals surface area (Å²) >= 11 is 0. The number of benzene rings is 2. The fraction of sp³-hybridized carbons (Fsp3) is 0.400. The largest absolute Gasteiger partial charge is 0.486 e. The van der Waals surface area contributed by atoms with Crippen molar-refractivity contribution in [1.82, 2.24) is 4.98 Å². The predicted octanol–water partition coefficient (Wildman–Crippen LogP) is 4.51. The zero-order valence-electron chi connectivity index (χ0n) is 17.6. The standard InChI is InChI=1S/C25H27N3O2.ClH/c26-18-9-10-28(15-18)25-19-3-1-2-4-21(19)27-22-7-5-16(13-20(22)25)17-6-8-23-24(14-17)30-12-11-29-23;/h5-8,13-14,18H,1-4,9-12,15,26H2;1H/t18-;/m0./s1. The second-order valence-electron chi connectivity index (χ2n) is 8.68. The van der Waals surface area contributed by atoms with E-state index in [-0.39, 0.29) is 18.4 Å². The lowest BCUT2D eigenvalue weighted by Gasteiger charge is -2.28. The lowest BCUT2D eigenvalue weighted by Crippen LogP contribution is -2.28. The van der Waals surface area contributed by atoms with Crippen LogP contribution in [0.2, 0.25) is 0 Å². The molecule has 5 nitrogen and oxygen atoms in total. The molecule has 0 bridgehead atoms. The Labute approximate surface area is 189 Å². The molecule has 0 amide bonds. The Bertz CT molecular complexity index is 1130. The summed E-state index contributed by atoms with van der Waals surface area (Å²) in [6.45, 7) is 3.17. The molecule has 1 atom stereocenters. The maximum absolute atomic E-state index is 6.29. The van der Waals surface area contributed by atoms with Gasteiger partial charge in [0.15, 0.2) is 11.5 Å². The van der Waals surface area contributed by atoms with Crippen LogP contribution in [-0.4, -0.2) is 37.3 Å². The number of ether oxygens (including phenoxy) is 2. The van der Waals surface area contributed by atoms with Crippen LogP contribution >= 0.6 is 12.4 Å². The van der Waals surface area contributed by atoms with Crippen LogP contribution in [0.5, 0.6) is 11.5 Å². The van der Waals surface area contributed by atoms with E-state index in [1.807, 2.05) is 6.07 Å². The molecule has 1 saturated heterocycles. The van der Waals surface area contributed by atoms with E-state index < -0.39 is 0 Å². The molecular weight excluding hydrogens is 410 g/mol. The van der Waals surface area contributed by atoms with Gasteiger partial charge in [0.05, 0.1) is 11.2 Å². The first-order valence-electron chi connectivity index (χ1n) is 11.1. The number of halogens is 1. The normalized spacial score (nSPS) is 19.8. The third kappa shape index (κ3) is 3.60. The first-order chi connectivity index (χ1) is 14.8. The highest BCUT2D eigenvalue weighted by Gasteiger charge is 2.27. The van der Waals surface area contributed by atoms with Gasteiger partial charge in [-0.05, 0) is 73.1 Å². The highest BCUT2D eigenvalue weighted by Crippen LogP contribution is 2.40. The summed E-state index contributed by atoms with van der Waals surface area (Å²) in [5, 5.41) is 1.25. The van der Waals surface area contributed by atoms with Crippen molar-refractivity contribution >= 4 is 29.0 Å².